The highest BCUT2D eigenvalue weighted by molar-refractivity contribution is 7.99. The number of fused-ring (bicyclic) bond motifs is 1. The number of carbonyl (C=O) groups is 1. The van der Waals surface area contributed by atoms with E-state index < -0.39 is 0 Å². The summed E-state index contributed by atoms with van der Waals surface area (Å²) in [6.07, 6.45) is 0.295. The molecule has 0 fully saturated rings. The summed E-state index contributed by atoms with van der Waals surface area (Å²) in [6.45, 7) is 4.78. The van der Waals surface area contributed by atoms with E-state index in [2.05, 4.69) is 26.0 Å². The Kier molecular flexibility index (Phi) is 7.75. The van der Waals surface area contributed by atoms with Crippen molar-refractivity contribution in [3.63, 3.8) is 0 Å². The number of ether oxygens (including phenoxy) is 2. The van der Waals surface area contributed by atoms with E-state index in [0.717, 1.165) is 15.8 Å². The van der Waals surface area contributed by atoms with Crippen molar-refractivity contribution in [2.24, 2.45) is 0 Å². The van der Waals surface area contributed by atoms with Gasteiger partial charge in [0.25, 0.3) is 0 Å². The molecule has 4 aromatic rings. The molecule has 0 aliphatic rings. The molecule has 0 aliphatic heterocycles. The van der Waals surface area contributed by atoms with Gasteiger partial charge in [-0.15, -0.1) is 11.8 Å². The molecule has 34 heavy (non-hydrogen) atoms. The van der Waals surface area contributed by atoms with E-state index in [1.165, 1.54) is 16.2 Å². The first-order chi connectivity index (χ1) is 16.5. The molecule has 0 atom stereocenters. The minimum Gasteiger partial charge on any atom is -0.495 e. The van der Waals surface area contributed by atoms with E-state index in [1.54, 1.807) is 19.1 Å². The summed E-state index contributed by atoms with van der Waals surface area (Å²) >= 11 is 3.25. The molecule has 0 radical (unpaired) electrons. The van der Waals surface area contributed by atoms with Crippen molar-refractivity contribution in [2.75, 3.05) is 19.1 Å². The summed E-state index contributed by atoms with van der Waals surface area (Å²) in [4.78, 5) is 21.4. The lowest BCUT2D eigenvalue weighted by Gasteiger charge is -2.20. The molecular formula is C27H28N2O3S2. The van der Waals surface area contributed by atoms with Crippen molar-refractivity contribution < 1.29 is 14.3 Å². The van der Waals surface area contributed by atoms with Gasteiger partial charge >= 0.3 is 0 Å². The Labute approximate surface area is 208 Å². The normalized spacial score (nSPS) is 11.1. The van der Waals surface area contributed by atoms with Crippen LogP contribution in [0.25, 0.3) is 10.2 Å². The van der Waals surface area contributed by atoms with Gasteiger partial charge in [-0.3, -0.25) is 9.69 Å². The first kappa shape index (κ1) is 24.1. The summed E-state index contributed by atoms with van der Waals surface area (Å²) in [7, 11) is 3.25. The number of anilines is 1. The maximum absolute atomic E-state index is 13.6. The predicted octanol–water partition coefficient (Wildman–Crippen LogP) is 6.59. The van der Waals surface area contributed by atoms with Crippen LogP contribution < -0.4 is 14.4 Å². The quantitative estimate of drug-likeness (QED) is 0.247. The first-order valence-corrected chi connectivity index (χ1v) is 12.8. The third-order valence-electron chi connectivity index (χ3n) is 5.26. The van der Waals surface area contributed by atoms with E-state index in [1.807, 2.05) is 66.4 Å². The van der Waals surface area contributed by atoms with Gasteiger partial charge in [0, 0.05) is 10.1 Å². The number of rotatable bonds is 9. The monoisotopic (exact) mass is 492 g/mol. The number of hydrogen-bond donors (Lipinski definition) is 0. The van der Waals surface area contributed by atoms with Crippen molar-refractivity contribution in [3.8, 4) is 11.5 Å². The van der Waals surface area contributed by atoms with Crippen LogP contribution in [0.2, 0.25) is 0 Å². The lowest BCUT2D eigenvalue weighted by Crippen LogP contribution is -2.31. The van der Waals surface area contributed by atoms with Gasteiger partial charge < -0.3 is 9.47 Å². The van der Waals surface area contributed by atoms with Crippen LogP contribution in [0.15, 0.2) is 71.6 Å². The van der Waals surface area contributed by atoms with Gasteiger partial charge in [0.1, 0.15) is 21.7 Å². The number of thiazole rings is 1. The van der Waals surface area contributed by atoms with Gasteiger partial charge in [0.2, 0.25) is 5.91 Å². The van der Waals surface area contributed by atoms with Crippen LogP contribution in [0.1, 0.15) is 25.0 Å². The van der Waals surface area contributed by atoms with E-state index in [-0.39, 0.29) is 5.91 Å². The number of amides is 1. The van der Waals surface area contributed by atoms with Crippen molar-refractivity contribution in [2.45, 2.75) is 37.0 Å². The first-order valence-electron chi connectivity index (χ1n) is 11.1. The Balaban J connectivity index is 1.67. The van der Waals surface area contributed by atoms with Crippen LogP contribution >= 0.6 is 23.1 Å². The van der Waals surface area contributed by atoms with E-state index in [4.69, 9.17) is 14.5 Å². The smallest absolute Gasteiger partial charge is 0.233 e. The number of aromatic nitrogens is 1. The van der Waals surface area contributed by atoms with Gasteiger partial charge in [-0.25, -0.2) is 4.98 Å². The second-order valence-corrected chi connectivity index (χ2v) is 10.7. The van der Waals surface area contributed by atoms with E-state index in [9.17, 15) is 4.79 Å². The molecule has 0 aliphatic carbocycles. The van der Waals surface area contributed by atoms with Gasteiger partial charge in [0.15, 0.2) is 5.13 Å². The number of methoxy groups -OCH3 is 2. The lowest BCUT2D eigenvalue weighted by molar-refractivity contribution is -0.118. The fraction of sp³-hybridized carbons (Fsp3) is 0.259. The molecular weight excluding hydrogens is 464 g/mol. The minimum absolute atomic E-state index is 0.00916. The van der Waals surface area contributed by atoms with Crippen LogP contribution in [0.5, 0.6) is 11.5 Å². The Morgan fingerprint density at radius 3 is 2.26 bits per heavy atom. The van der Waals surface area contributed by atoms with Crippen LogP contribution in [0.4, 0.5) is 5.13 Å². The number of benzene rings is 3. The molecule has 7 heteroatoms. The summed E-state index contributed by atoms with van der Waals surface area (Å²) in [6, 6.07) is 21.9. The molecule has 176 valence electrons. The minimum atomic E-state index is -0.00916. The maximum atomic E-state index is 13.6. The van der Waals surface area contributed by atoms with Gasteiger partial charge in [-0.1, -0.05) is 67.6 Å². The summed E-state index contributed by atoms with van der Waals surface area (Å²) in [5.74, 6) is 1.36. The number of nitrogens with zero attached hydrogens (tertiary/aromatic N) is 2. The van der Waals surface area contributed by atoms with Crippen LogP contribution in [-0.2, 0) is 17.8 Å². The SMILES string of the molecule is COc1ccc(OC)c2sc(N(Cc3ccccc3)C(=O)Cc3ccc(SC(C)C)cc3)nc12. The molecule has 3 aromatic carbocycles. The van der Waals surface area contributed by atoms with Crippen LogP contribution in [0, 0.1) is 0 Å². The molecule has 0 saturated heterocycles. The number of thioether (sulfide) groups is 1. The van der Waals surface area contributed by atoms with E-state index >= 15 is 0 Å². The average Bonchev–Trinajstić information content (AvgIpc) is 3.28. The molecule has 1 heterocycles. The highest BCUT2D eigenvalue weighted by Gasteiger charge is 2.23. The second-order valence-electron chi connectivity index (χ2n) is 8.10. The Bertz CT molecular complexity index is 1210. The molecule has 0 spiro atoms. The zero-order chi connectivity index (χ0) is 24.1. The largest absolute Gasteiger partial charge is 0.495 e. The molecule has 0 N–H and O–H groups in total. The molecule has 0 bridgehead atoms. The number of carbonyl (C=O) groups excluding carboxylic acids is 1. The molecule has 0 saturated carbocycles. The Hall–Kier alpha value is -3.03. The fourth-order valence-electron chi connectivity index (χ4n) is 3.65. The third-order valence-corrected chi connectivity index (χ3v) is 7.37. The lowest BCUT2D eigenvalue weighted by atomic mass is 10.1. The van der Waals surface area contributed by atoms with E-state index in [0.29, 0.717) is 40.4 Å². The highest BCUT2D eigenvalue weighted by Crippen LogP contribution is 2.40. The molecule has 4 rings (SSSR count). The molecule has 5 nitrogen and oxygen atoms in total. The zero-order valence-corrected chi connectivity index (χ0v) is 21.4. The van der Waals surface area contributed by atoms with Crippen molar-refractivity contribution in [1.82, 2.24) is 4.98 Å². The zero-order valence-electron chi connectivity index (χ0n) is 19.8. The molecule has 1 aromatic heterocycles. The van der Waals surface area contributed by atoms with Crippen molar-refractivity contribution in [1.29, 1.82) is 0 Å². The topological polar surface area (TPSA) is 51.7 Å². The standard InChI is InChI=1S/C27H28N2O3S2/c1-18(2)33-21-12-10-19(11-13-21)16-24(30)29(17-20-8-6-5-7-9-20)27-28-25-22(31-3)14-15-23(32-4)26(25)34-27/h5-15,18H,16-17H2,1-4H3. The Morgan fingerprint density at radius 2 is 1.62 bits per heavy atom. The van der Waals surface area contributed by atoms with Crippen molar-refractivity contribution in [3.05, 3.63) is 77.9 Å². The van der Waals surface area contributed by atoms with Crippen LogP contribution in [0.3, 0.4) is 0 Å². The highest BCUT2D eigenvalue weighted by atomic mass is 32.2. The fourth-order valence-corrected chi connectivity index (χ4v) is 5.57. The number of hydrogen-bond acceptors (Lipinski definition) is 6. The summed E-state index contributed by atoms with van der Waals surface area (Å²) in [5, 5.41) is 1.14. The second kappa shape index (κ2) is 10.9. The summed E-state index contributed by atoms with van der Waals surface area (Å²) < 4.78 is 11.9. The molecule has 0 unspecified atom stereocenters. The van der Waals surface area contributed by atoms with Gasteiger partial charge in [-0.05, 0) is 35.4 Å². The van der Waals surface area contributed by atoms with Gasteiger partial charge in [0.05, 0.1) is 27.2 Å². The summed E-state index contributed by atoms with van der Waals surface area (Å²) in [5.41, 5.74) is 2.72. The van der Waals surface area contributed by atoms with Crippen LogP contribution in [-0.4, -0.2) is 30.4 Å². The molecule has 1 amide bonds. The predicted molar refractivity (Wildman–Crippen MR) is 141 cm³/mol. The third kappa shape index (κ3) is 5.54. The average molecular weight is 493 g/mol. The van der Waals surface area contributed by atoms with Crippen molar-refractivity contribution >= 4 is 44.4 Å². The van der Waals surface area contributed by atoms with Gasteiger partial charge in [-0.2, -0.15) is 0 Å². The Morgan fingerprint density at radius 1 is 0.941 bits per heavy atom. The maximum Gasteiger partial charge on any atom is 0.233 e.